The molecule has 1 aromatic carbocycles. The van der Waals surface area contributed by atoms with E-state index in [9.17, 15) is 14.7 Å². The SMILES string of the molecule is CC1(C(=O)O)CCCC1NC(=O)c1cc(N)ccc1Br. The summed E-state index contributed by atoms with van der Waals surface area (Å²) in [7, 11) is 0. The summed E-state index contributed by atoms with van der Waals surface area (Å²) in [6.07, 6.45) is 2.05. The monoisotopic (exact) mass is 340 g/mol. The number of carbonyl (C=O) groups is 2. The molecule has 4 N–H and O–H groups in total. The van der Waals surface area contributed by atoms with Crippen LogP contribution in [-0.4, -0.2) is 23.0 Å². The van der Waals surface area contributed by atoms with E-state index in [0.717, 1.165) is 6.42 Å². The molecule has 0 radical (unpaired) electrons. The van der Waals surface area contributed by atoms with Gasteiger partial charge in [-0.1, -0.05) is 6.42 Å². The van der Waals surface area contributed by atoms with Crippen molar-refractivity contribution in [2.75, 3.05) is 5.73 Å². The van der Waals surface area contributed by atoms with Gasteiger partial charge in [0.15, 0.2) is 0 Å². The third-order valence-electron chi connectivity index (χ3n) is 3.99. The van der Waals surface area contributed by atoms with Crippen molar-refractivity contribution in [2.45, 2.75) is 32.2 Å². The van der Waals surface area contributed by atoms with Gasteiger partial charge in [-0.25, -0.2) is 0 Å². The maximum absolute atomic E-state index is 12.3. The van der Waals surface area contributed by atoms with E-state index < -0.39 is 11.4 Å². The lowest BCUT2D eigenvalue weighted by molar-refractivity contribution is -0.148. The highest BCUT2D eigenvalue weighted by Crippen LogP contribution is 2.38. The average Bonchev–Trinajstić information content (AvgIpc) is 2.75. The number of nitrogen functional groups attached to an aromatic ring is 1. The minimum Gasteiger partial charge on any atom is -0.481 e. The van der Waals surface area contributed by atoms with Gasteiger partial charge in [0.25, 0.3) is 5.91 Å². The molecule has 0 spiro atoms. The Morgan fingerprint density at radius 3 is 2.85 bits per heavy atom. The molecule has 1 aliphatic carbocycles. The number of carboxylic acid groups (broad SMARTS) is 1. The molecule has 2 atom stereocenters. The molecule has 6 heteroatoms. The van der Waals surface area contributed by atoms with Crippen LogP contribution in [0.15, 0.2) is 22.7 Å². The van der Waals surface area contributed by atoms with Gasteiger partial charge in [-0.15, -0.1) is 0 Å². The Balaban J connectivity index is 2.19. The average molecular weight is 341 g/mol. The molecule has 1 aromatic rings. The molecule has 0 saturated heterocycles. The van der Waals surface area contributed by atoms with Crippen LogP contribution in [-0.2, 0) is 4.79 Å². The molecule has 0 heterocycles. The maximum atomic E-state index is 12.3. The fourth-order valence-electron chi connectivity index (χ4n) is 2.61. The van der Waals surface area contributed by atoms with Crippen LogP contribution in [0.25, 0.3) is 0 Å². The summed E-state index contributed by atoms with van der Waals surface area (Å²) in [6, 6.07) is 4.61. The second kappa shape index (κ2) is 5.44. The highest BCUT2D eigenvalue weighted by molar-refractivity contribution is 9.10. The largest absolute Gasteiger partial charge is 0.481 e. The lowest BCUT2D eigenvalue weighted by atomic mass is 9.85. The van der Waals surface area contributed by atoms with E-state index in [1.807, 2.05) is 0 Å². The smallest absolute Gasteiger partial charge is 0.311 e. The molecule has 1 fully saturated rings. The molecular weight excluding hydrogens is 324 g/mol. The van der Waals surface area contributed by atoms with Crippen molar-refractivity contribution in [3.8, 4) is 0 Å². The molecule has 108 valence electrons. The number of carbonyl (C=O) groups excluding carboxylic acids is 1. The summed E-state index contributed by atoms with van der Waals surface area (Å²) in [5.74, 6) is -1.17. The van der Waals surface area contributed by atoms with E-state index >= 15 is 0 Å². The Morgan fingerprint density at radius 1 is 1.50 bits per heavy atom. The predicted octanol–water partition coefficient (Wildman–Crippen LogP) is 2.40. The number of hydrogen-bond acceptors (Lipinski definition) is 3. The Morgan fingerprint density at radius 2 is 2.20 bits per heavy atom. The van der Waals surface area contributed by atoms with Crippen LogP contribution >= 0.6 is 15.9 Å². The van der Waals surface area contributed by atoms with Gasteiger partial charge >= 0.3 is 5.97 Å². The molecule has 2 rings (SSSR count). The molecule has 0 aromatic heterocycles. The van der Waals surface area contributed by atoms with Crippen LogP contribution in [0.2, 0.25) is 0 Å². The Kier molecular flexibility index (Phi) is 4.04. The molecule has 0 bridgehead atoms. The highest BCUT2D eigenvalue weighted by atomic mass is 79.9. The molecule has 1 saturated carbocycles. The van der Waals surface area contributed by atoms with Gasteiger partial charge in [0.1, 0.15) is 0 Å². The third-order valence-corrected chi connectivity index (χ3v) is 4.68. The van der Waals surface area contributed by atoms with E-state index in [0.29, 0.717) is 28.6 Å². The van der Waals surface area contributed by atoms with Crippen LogP contribution in [0.5, 0.6) is 0 Å². The number of carboxylic acids is 1. The second-order valence-electron chi connectivity index (χ2n) is 5.38. The van der Waals surface area contributed by atoms with E-state index in [2.05, 4.69) is 21.2 Å². The first-order chi connectivity index (χ1) is 9.34. The van der Waals surface area contributed by atoms with Gasteiger partial charge in [0, 0.05) is 16.2 Å². The summed E-state index contributed by atoms with van der Waals surface area (Å²) in [5.41, 5.74) is 5.69. The van der Waals surface area contributed by atoms with E-state index in [1.165, 1.54) is 0 Å². The molecule has 1 aliphatic rings. The number of hydrogen-bond donors (Lipinski definition) is 3. The normalized spacial score (nSPS) is 25.4. The van der Waals surface area contributed by atoms with E-state index in [1.54, 1.807) is 25.1 Å². The molecule has 20 heavy (non-hydrogen) atoms. The highest BCUT2D eigenvalue weighted by Gasteiger charge is 2.46. The Bertz CT molecular complexity index is 561. The first-order valence-corrected chi connectivity index (χ1v) is 7.23. The van der Waals surface area contributed by atoms with Gasteiger partial charge in [-0.05, 0) is 53.9 Å². The summed E-state index contributed by atoms with van der Waals surface area (Å²) in [5, 5.41) is 12.2. The number of benzene rings is 1. The van der Waals surface area contributed by atoms with E-state index in [-0.39, 0.29) is 11.9 Å². The zero-order chi connectivity index (χ0) is 14.9. The van der Waals surface area contributed by atoms with Crippen LogP contribution in [0.1, 0.15) is 36.5 Å². The Labute approximate surface area is 125 Å². The number of amides is 1. The zero-order valence-electron chi connectivity index (χ0n) is 11.1. The van der Waals surface area contributed by atoms with Crippen molar-refractivity contribution in [2.24, 2.45) is 5.41 Å². The third kappa shape index (κ3) is 2.65. The summed E-state index contributed by atoms with van der Waals surface area (Å²) >= 11 is 3.31. The number of rotatable bonds is 3. The molecular formula is C14H17BrN2O3. The number of aliphatic carboxylic acids is 1. The molecule has 1 amide bonds. The summed E-state index contributed by atoms with van der Waals surface area (Å²) < 4.78 is 0.638. The standard InChI is InChI=1S/C14H17BrN2O3/c1-14(13(19)20)6-2-3-11(14)17-12(18)9-7-8(16)4-5-10(9)15/h4-5,7,11H,2-3,6,16H2,1H3,(H,17,18)(H,19,20). The van der Waals surface area contributed by atoms with Gasteiger partial charge in [-0.2, -0.15) is 0 Å². The molecule has 2 unspecified atom stereocenters. The summed E-state index contributed by atoms with van der Waals surface area (Å²) in [6.45, 7) is 1.68. The molecule has 5 nitrogen and oxygen atoms in total. The lowest BCUT2D eigenvalue weighted by Crippen LogP contribution is -2.47. The quantitative estimate of drug-likeness (QED) is 0.736. The minimum atomic E-state index is -0.900. The van der Waals surface area contributed by atoms with Crippen LogP contribution in [0, 0.1) is 5.41 Å². The number of halogens is 1. The van der Waals surface area contributed by atoms with Crippen molar-refractivity contribution < 1.29 is 14.7 Å². The topological polar surface area (TPSA) is 92.4 Å². The van der Waals surface area contributed by atoms with Crippen molar-refractivity contribution in [1.29, 1.82) is 0 Å². The fourth-order valence-corrected chi connectivity index (χ4v) is 3.03. The van der Waals surface area contributed by atoms with Crippen LogP contribution in [0.3, 0.4) is 0 Å². The lowest BCUT2D eigenvalue weighted by Gasteiger charge is -2.27. The summed E-state index contributed by atoms with van der Waals surface area (Å²) in [4.78, 5) is 23.7. The van der Waals surface area contributed by atoms with E-state index in [4.69, 9.17) is 5.73 Å². The van der Waals surface area contributed by atoms with Crippen LogP contribution in [0.4, 0.5) is 5.69 Å². The first-order valence-electron chi connectivity index (χ1n) is 6.44. The second-order valence-corrected chi connectivity index (χ2v) is 6.23. The number of nitrogens with one attached hydrogen (secondary N) is 1. The van der Waals surface area contributed by atoms with Gasteiger partial charge in [0.05, 0.1) is 11.0 Å². The maximum Gasteiger partial charge on any atom is 0.311 e. The van der Waals surface area contributed by atoms with Gasteiger partial charge in [0.2, 0.25) is 0 Å². The zero-order valence-corrected chi connectivity index (χ0v) is 12.7. The van der Waals surface area contributed by atoms with Gasteiger partial charge < -0.3 is 16.2 Å². The van der Waals surface area contributed by atoms with Crippen molar-refractivity contribution >= 4 is 33.5 Å². The van der Waals surface area contributed by atoms with Crippen molar-refractivity contribution in [3.05, 3.63) is 28.2 Å². The minimum absolute atomic E-state index is 0.302. The first kappa shape index (κ1) is 14.8. The van der Waals surface area contributed by atoms with Crippen molar-refractivity contribution in [3.63, 3.8) is 0 Å². The van der Waals surface area contributed by atoms with Crippen molar-refractivity contribution in [1.82, 2.24) is 5.32 Å². The van der Waals surface area contributed by atoms with Crippen LogP contribution < -0.4 is 11.1 Å². The Hall–Kier alpha value is -1.56. The molecule has 0 aliphatic heterocycles. The number of nitrogens with two attached hydrogens (primary N) is 1. The fraction of sp³-hybridized carbons (Fsp3) is 0.429. The predicted molar refractivity (Wildman–Crippen MR) is 79.4 cm³/mol. The number of anilines is 1. The van der Waals surface area contributed by atoms with Gasteiger partial charge in [-0.3, -0.25) is 9.59 Å².